The number of halogens is 1. The van der Waals surface area contributed by atoms with Crippen LogP contribution < -0.4 is 5.73 Å². The van der Waals surface area contributed by atoms with E-state index < -0.39 is 0 Å². The van der Waals surface area contributed by atoms with Gasteiger partial charge in [0.05, 0.1) is 12.2 Å². The lowest BCUT2D eigenvalue weighted by molar-refractivity contribution is 0.619. The third-order valence-corrected chi connectivity index (χ3v) is 2.10. The van der Waals surface area contributed by atoms with Gasteiger partial charge in [0.25, 0.3) is 0 Å². The molecule has 0 unspecified atom stereocenters. The molecule has 2 N–H and O–H groups in total. The van der Waals surface area contributed by atoms with Gasteiger partial charge in [-0.3, -0.25) is 4.68 Å². The average Bonchev–Trinajstić information content (AvgIpc) is 2.49. The van der Waals surface area contributed by atoms with E-state index in [1.165, 1.54) is 12.1 Å². The van der Waals surface area contributed by atoms with E-state index in [9.17, 15) is 4.39 Å². The molecule has 0 aliphatic rings. The monoisotopic (exact) mass is 205 g/mol. The van der Waals surface area contributed by atoms with Gasteiger partial charge in [-0.25, -0.2) is 4.39 Å². The fraction of sp³-hybridized carbons (Fsp3) is 0.182. The van der Waals surface area contributed by atoms with Gasteiger partial charge >= 0.3 is 0 Å². The Morgan fingerprint density at radius 2 is 2.20 bits per heavy atom. The molecule has 2 rings (SSSR count). The minimum Gasteiger partial charge on any atom is -0.399 e. The van der Waals surface area contributed by atoms with Crippen molar-refractivity contribution in [3.05, 3.63) is 47.5 Å². The van der Waals surface area contributed by atoms with Crippen LogP contribution >= 0.6 is 0 Å². The molecule has 0 fully saturated rings. The highest BCUT2D eigenvalue weighted by Gasteiger charge is 2.00. The van der Waals surface area contributed by atoms with Gasteiger partial charge in [0.15, 0.2) is 0 Å². The average molecular weight is 205 g/mol. The van der Waals surface area contributed by atoms with Crippen LogP contribution in [0.1, 0.15) is 11.3 Å². The van der Waals surface area contributed by atoms with E-state index in [0.717, 1.165) is 11.3 Å². The number of benzene rings is 1. The Morgan fingerprint density at radius 3 is 2.80 bits per heavy atom. The molecule has 0 aliphatic heterocycles. The van der Waals surface area contributed by atoms with Crippen LogP contribution in [0.2, 0.25) is 0 Å². The van der Waals surface area contributed by atoms with Crippen LogP contribution in [0, 0.1) is 12.7 Å². The fourth-order valence-electron chi connectivity index (χ4n) is 1.50. The van der Waals surface area contributed by atoms with E-state index in [4.69, 9.17) is 5.73 Å². The topological polar surface area (TPSA) is 43.8 Å². The van der Waals surface area contributed by atoms with Crippen molar-refractivity contribution in [1.29, 1.82) is 0 Å². The first-order valence-corrected chi connectivity index (χ1v) is 4.68. The zero-order valence-electron chi connectivity index (χ0n) is 8.44. The minimum atomic E-state index is -0.311. The molecule has 0 bridgehead atoms. The predicted octanol–water partition coefficient (Wildman–Crippen LogP) is 1.96. The summed E-state index contributed by atoms with van der Waals surface area (Å²) in [6, 6.07) is 6.42. The van der Waals surface area contributed by atoms with Crippen molar-refractivity contribution < 1.29 is 4.39 Å². The second kappa shape index (κ2) is 3.73. The first-order valence-electron chi connectivity index (χ1n) is 4.68. The maximum absolute atomic E-state index is 13.0. The lowest BCUT2D eigenvalue weighted by atomic mass is 10.2. The molecule has 78 valence electrons. The molecule has 0 spiro atoms. The molecule has 0 aliphatic carbocycles. The number of aromatic nitrogens is 2. The summed E-state index contributed by atoms with van der Waals surface area (Å²) in [5.41, 5.74) is 7.75. The maximum atomic E-state index is 13.0. The highest BCUT2D eigenvalue weighted by atomic mass is 19.1. The van der Waals surface area contributed by atoms with Crippen molar-refractivity contribution in [3.63, 3.8) is 0 Å². The lowest BCUT2D eigenvalue weighted by Crippen LogP contribution is -2.01. The molecule has 0 radical (unpaired) electrons. The Labute approximate surface area is 87.3 Å². The van der Waals surface area contributed by atoms with Crippen LogP contribution in [0.15, 0.2) is 30.5 Å². The summed E-state index contributed by atoms with van der Waals surface area (Å²) in [5, 5.41) is 4.22. The van der Waals surface area contributed by atoms with Crippen molar-refractivity contribution in [2.24, 2.45) is 0 Å². The third-order valence-electron chi connectivity index (χ3n) is 2.10. The smallest absolute Gasteiger partial charge is 0.125 e. The molecule has 0 atom stereocenters. The van der Waals surface area contributed by atoms with Crippen molar-refractivity contribution >= 4 is 5.69 Å². The van der Waals surface area contributed by atoms with Gasteiger partial charge < -0.3 is 5.73 Å². The Morgan fingerprint density at radius 1 is 1.40 bits per heavy atom. The van der Waals surface area contributed by atoms with Gasteiger partial charge in [-0.05, 0) is 36.8 Å². The first kappa shape index (κ1) is 9.71. The molecule has 0 amide bonds. The molecule has 4 heteroatoms. The van der Waals surface area contributed by atoms with E-state index >= 15 is 0 Å². The van der Waals surface area contributed by atoms with Crippen LogP contribution in [0.5, 0.6) is 0 Å². The number of hydrogen-bond donors (Lipinski definition) is 1. The van der Waals surface area contributed by atoms with Gasteiger partial charge in [-0.1, -0.05) is 0 Å². The standard InChI is InChI=1S/C11H12FN3/c1-8-2-3-15(14-8)7-9-4-10(12)6-11(13)5-9/h2-6H,7,13H2,1H3. The number of nitrogen functional groups attached to an aromatic ring is 1. The van der Waals surface area contributed by atoms with Gasteiger partial charge in [0, 0.05) is 11.9 Å². The number of anilines is 1. The Kier molecular flexibility index (Phi) is 2.41. The van der Waals surface area contributed by atoms with Crippen LogP contribution in [0.4, 0.5) is 10.1 Å². The predicted molar refractivity (Wildman–Crippen MR) is 56.9 cm³/mol. The molecule has 1 aromatic heterocycles. The number of nitrogens with zero attached hydrogens (tertiary/aromatic N) is 2. The van der Waals surface area contributed by atoms with E-state index in [-0.39, 0.29) is 5.82 Å². The van der Waals surface area contributed by atoms with Crippen LogP contribution in [0.25, 0.3) is 0 Å². The molecular weight excluding hydrogens is 193 g/mol. The van der Waals surface area contributed by atoms with E-state index in [0.29, 0.717) is 12.2 Å². The summed E-state index contributed by atoms with van der Waals surface area (Å²) < 4.78 is 14.8. The summed E-state index contributed by atoms with van der Waals surface area (Å²) in [4.78, 5) is 0. The summed E-state index contributed by atoms with van der Waals surface area (Å²) in [6.07, 6.45) is 1.86. The Balaban J connectivity index is 2.24. The summed E-state index contributed by atoms with van der Waals surface area (Å²) in [6.45, 7) is 2.45. The second-order valence-corrected chi connectivity index (χ2v) is 3.55. The summed E-state index contributed by atoms with van der Waals surface area (Å²) >= 11 is 0. The van der Waals surface area contributed by atoms with Crippen LogP contribution in [0.3, 0.4) is 0 Å². The van der Waals surface area contributed by atoms with E-state index in [2.05, 4.69) is 5.10 Å². The highest BCUT2D eigenvalue weighted by Crippen LogP contribution is 2.11. The lowest BCUT2D eigenvalue weighted by Gasteiger charge is -2.03. The Bertz CT molecular complexity index is 456. The second-order valence-electron chi connectivity index (χ2n) is 3.55. The summed E-state index contributed by atoms with van der Waals surface area (Å²) in [7, 11) is 0. The minimum absolute atomic E-state index is 0.311. The van der Waals surface area contributed by atoms with Crippen LogP contribution in [-0.2, 0) is 6.54 Å². The number of aryl methyl sites for hydroxylation is 1. The highest BCUT2D eigenvalue weighted by molar-refractivity contribution is 5.41. The first-order chi connectivity index (χ1) is 7.13. The third kappa shape index (κ3) is 2.34. The SMILES string of the molecule is Cc1ccn(Cc2cc(N)cc(F)c2)n1. The molecular formula is C11H12FN3. The summed E-state index contributed by atoms with van der Waals surface area (Å²) in [5.74, 6) is -0.311. The van der Waals surface area contributed by atoms with Gasteiger partial charge in [0.1, 0.15) is 5.82 Å². The molecule has 0 saturated heterocycles. The molecule has 1 aromatic carbocycles. The van der Waals surface area contributed by atoms with E-state index in [1.807, 2.05) is 19.2 Å². The van der Waals surface area contributed by atoms with Crippen molar-refractivity contribution in [2.45, 2.75) is 13.5 Å². The quantitative estimate of drug-likeness (QED) is 0.761. The number of hydrogen-bond acceptors (Lipinski definition) is 2. The van der Waals surface area contributed by atoms with Crippen molar-refractivity contribution in [2.75, 3.05) is 5.73 Å². The molecule has 15 heavy (non-hydrogen) atoms. The zero-order chi connectivity index (χ0) is 10.8. The largest absolute Gasteiger partial charge is 0.399 e. The van der Waals surface area contributed by atoms with Crippen molar-refractivity contribution in [3.8, 4) is 0 Å². The van der Waals surface area contributed by atoms with Gasteiger partial charge in [-0.15, -0.1) is 0 Å². The van der Waals surface area contributed by atoms with Crippen LogP contribution in [-0.4, -0.2) is 9.78 Å². The molecule has 0 saturated carbocycles. The van der Waals surface area contributed by atoms with Gasteiger partial charge in [0.2, 0.25) is 0 Å². The molecule has 3 nitrogen and oxygen atoms in total. The number of rotatable bonds is 2. The van der Waals surface area contributed by atoms with E-state index in [1.54, 1.807) is 10.7 Å². The maximum Gasteiger partial charge on any atom is 0.125 e. The fourth-order valence-corrected chi connectivity index (χ4v) is 1.50. The molecule has 2 aromatic rings. The number of nitrogens with two attached hydrogens (primary N) is 1. The normalized spacial score (nSPS) is 10.5. The molecule has 1 heterocycles. The Hall–Kier alpha value is -1.84. The zero-order valence-corrected chi connectivity index (χ0v) is 8.44. The van der Waals surface area contributed by atoms with Gasteiger partial charge in [-0.2, -0.15) is 5.10 Å². The van der Waals surface area contributed by atoms with Crippen molar-refractivity contribution in [1.82, 2.24) is 9.78 Å².